The van der Waals surface area contributed by atoms with Gasteiger partial charge in [0.05, 0.1) is 29.0 Å². The van der Waals surface area contributed by atoms with Gasteiger partial charge in [-0.2, -0.15) is 0 Å². The van der Waals surface area contributed by atoms with Crippen molar-refractivity contribution in [2.45, 2.75) is 51.4 Å². The summed E-state index contributed by atoms with van der Waals surface area (Å²) in [7, 11) is 0. The first-order valence-corrected chi connectivity index (χ1v) is 11.0. The average Bonchev–Trinajstić information content (AvgIpc) is 3.17. The second kappa shape index (κ2) is 7.89. The van der Waals surface area contributed by atoms with Crippen molar-refractivity contribution < 1.29 is 19.1 Å². The lowest BCUT2D eigenvalue weighted by Gasteiger charge is -2.35. The van der Waals surface area contributed by atoms with Gasteiger partial charge in [0.15, 0.2) is 0 Å². The van der Waals surface area contributed by atoms with Gasteiger partial charge >= 0.3 is 11.9 Å². The molecule has 2 aliphatic rings. The summed E-state index contributed by atoms with van der Waals surface area (Å²) in [6.07, 6.45) is 6.36. The maximum Gasteiger partial charge on any atom is 0.355 e. The molecule has 0 saturated heterocycles. The molecule has 0 spiro atoms. The van der Waals surface area contributed by atoms with Crippen molar-refractivity contribution in [1.29, 1.82) is 0 Å². The van der Waals surface area contributed by atoms with Crippen molar-refractivity contribution in [3.05, 3.63) is 63.4 Å². The molecular formula is C26H22N2O5. The van der Waals surface area contributed by atoms with Crippen LogP contribution < -0.4 is 5.56 Å². The predicted octanol–water partition coefficient (Wildman–Crippen LogP) is 3.43. The largest absolute Gasteiger partial charge is 0.457 e. The fraction of sp³-hybridized carbons (Fsp3) is 0.308. The van der Waals surface area contributed by atoms with Gasteiger partial charge in [0.2, 0.25) is 5.60 Å². The van der Waals surface area contributed by atoms with E-state index in [4.69, 9.17) is 20.9 Å². The van der Waals surface area contributed by atoms with Crippen LogP contribution in [0.4, 0.5) is 0 Å². The van der Waals surface area contributed by atoms with Crippen molar-refractivity contribution in [2.75, 3.05) is 0 Å². The molecule has 7 nitrogen and oxygen atoms in total. The summed E-state index contributed by atoms with van der Waals surface area (Å²) in [5.41, 5.74) is 1.81. The van der Waals surface area contributed by atoms with Crippen molar-refractivity contribution in [3.63, 3.8) is 0 Å². The van der Waals surface area contributed by atoms with Crippen molar-refractivity contribution in [2.24, 2.45) is 0 Å². The number of benzene rings is 1. The molecule has 1 atom stereocenters. The Bertz CT molecular complexity index is 1410. The van der Waals surface area contributed by atoms with Crippen LogP contribution in [0.25, 0.3) is 22.3 Å². The molecule has 1 unspecified atom stereocenters. The van der Waals surface area contributed by atoms with Gasteiger partial charge in [0, 0.05) is 29.4 Å². The number of ether oxygens (including phenoxy) is 2. The number of hydrogen-bond acceptors (Lipinski definition) is 6. The summed E-state index contributed by atoms with van der Waals surface area (Å²) >= 11 is 0. The van der Waals surface area contributed by atoms with E-state index in [1.54, 1.807) is 17.6 Å². The monoisotopic (exact) mass is 442 g/mol. The van der Waals surface area contributed by atoms with E-state index in [0.717, 1.165) is 16.5 Å². The van der Waals surface area contributed by atoms with Gasteiger partial charge in [-0.25, -0.2) is 9.78 Å². The van der Waals surface area contributed by atoms with Crippen LogP contribution >= 0.6 is 0 Å². The van der Waals surface area contributed by atoms with E-state index in [1.807, 2.05) is 30.3 Å². The number of esters is 2. The Hall–Kier alpha value is -3.92. The molecule has 5 rings (SSSR count). The third-order valence-corrected chi connectivity index (χ3v) is 6.37. The molecule has 33 heavy (non-hydrogen) atoms. The Kier molecular flexibility index (Phi) is 5.01. The molecule has 166 valence electrons. The second-order valence-electron chi connectivity index (χ2n) is 8.29. The fourth-order valence-corrected chi connectivity index (χ4v) is 4.66. The standard InChI is InChI=1S/C26H22N2O5/c1-3-5-6-11-22(29)33-26(4-2)19-13-21-23-17(12-16-9-7-8-10-20(16)27-23)14-28(21)24(30)18(19)15-32-25(26)31/h1,7-10,12-13H,4-6,11,14-15H2,2H3. The van der Waals surface area contributed by atoms with Crippen LogP contribution in [0.1, 0.15) is 49.3 Å². The van der Waals surface area contributed by atoms with Gasteiger partial charge in [0.25, 0.3) is 5.56 Å². The Morgan fingerprint density at radius 1 is 1.30 bits per heavy atom. The number of hydrogen-bond donors (Lipinski definition) is 0. The highest BCUT2D eigenvalue weighted by Crippen LogP contribution is 2.41. The number of carbonyl (C=O) groups is 2. The van der Waals surface area contributed by atoms with Crippen LogP contribution in [0.3, 0.4) is 0 Å². The SMILES string of the molecule is C#CCCCC(=O)OC1(CC)C(=O)OCc2c1cc1n(c2=O)Cc2cc3ccccc3nc2-1. The first-order chi connectivity index (χ1) is 16.0. The minimum Gasteiger partial charge on any atom is -0.457 e. The van der Waals surface area contributed by atoms with E-state index in [-0.39, 0.29) is 25.0 Å². The van der Waals surface area contributed by atoms with Crippen LogP contribution in [-0.4, -0.2) is 21.5 Å². The van der Waals surface area contributed by atoms with Gasteiger partial charge in [-0.15, -0.1) is 12.3 Å². The quantitative estimate of drug-likeness (QED) is 0.267. The number of nitrogens with zero attached hydrogens (tertiary/aromatic N) is 2. The molecule has 0 saturated carbocycles. The fourth-order valence-electron chi connectivity index (χ4n) is 4.66. The molecule has 0 amide bonds. The number of para-hydroxylation sites is 1. The number of terminal acetylenes is 1. The number of aromatic nitrogens is 2. The minimum atomic E-state index is -1.67. The Labute approximate surface area is 190 Å². The van der Waals surface area contributed by atoms with E-state index in [1.165, 1.54) is 0 Å². The van der Waals surface area contributed by atoms with Gasteiger partial charge in [0.1, 0.15) is 6.61 Å². The summed E-state index contributed by atoms with van der Waals surface area (Å²) in [5.74, 6) is 1.26. The Morgan fingerprint density at radius 3 is 2.91 bits per heavy atom. The van der Waals surface area contributed by atoms with Crippen molar-refractivity contribution in [1.82, 2.24) is 9.55 Å². The van der Waals surface area contributed by atoms with Crippen molar-refractivity contribution >= 4 is 22.8 Å². The summed E-state index contributed by atoms with van der Waals surface area (Å²) < 4.78 is 12.7. The summed E-state index contributed by atoms with van der Waals surface area (Å²) in [4.78, 5) is 43.8. The molecule has 0 aliphatic carbocycles. The smallest absolute Gasteiger partial charge is 0.355 e. The number of pyridine rings is 2. The molecule has 2 aliphatic heterocycles. The Morgan fingerprint density at radius 2 is 2.12 bits per heavy atom. The van der Waals surface area contributed by atoms with Crippen LogP contribution in [0, 0.1) is 12.3 Å². The highest BCUT2D eigenvalue weighted by molar-refractivity contribution is 5.88. The lowest BCUT2D eigenvalue weighted by atomic mass is 9.85. The summed E-state index contributed by atoms with van der Waals surface area (Å²) in [6.45, 7) is 1.96. The van der Waals surface area contributed by atoms with Crippen LogP contribution in [0.15, 0.2) is 41.2 Å². The molecule has 1 aromatic carbocycles. The molecule has 0 bridgehead atoms. The third-order valence-electron chi connectivity index (χ3n) is 6.37. The molecule has 7 heteroatoms. The molecular weight excluding hydrogens is 420 g/mol. The molecule has 2 aromatic heterocycles. The van der Waals surface area contributed by atoms with E-state index in [0.29, 0.717) is 41.9 Å². The topological polar surface area (TPSA) is 87.5 Å². The van der Waals surface area contributed by atoms with Gasteiger partial charge in [-0.05, 0) is 31.0 Å². The first-order valence-electron chi connectivity index (χ1n) is 11.0. The number of fused-ring (bicyclic) bond motifs is 5. The zero-order valence-corrected chi connectivity index (χ0v) is 18.2. The third kappa shape index (κ3) is 3.21. The number of rotatable bonds is 5. The highest BCUT2D eigenvalue weighted by Gasteiger charge is 2.50. The summed E-state index contributed by atoms with van der Waals surface area (Å²) in [5, 5.41) is 0.990. The Balaban J connectivity index is 1.65. The minimum absolute atomic E-state index is 0.0782. The van der Waals surface area contributed by atoms with Crippen LogP contribution in [0.5, 0.6) is 0 Å². The van der Waals surface area contributed by atoms with E-state index in [2.05, 4.69) is 5.92 Å². The van der Waals surface area contributed by atoms with Crippen molar-refractivity contribution in [3.8, 4) is 23.7 Å². The van der Waals surface area contributed by atoms with E-state index < -0.39 is 17.5 Å². The first kappa shape index (κ1) is 21.0. The molecule has 0 fully saturated rings. The molecule has 3 aromatic rings. The predicted molar refractivity (Wildman–Crippen MR) is 121 cm³/mol. The number of cyclic esters (lactones) is 1. The lowest BCUT2D eigenvalue weighted by Crippen LogP contribution is -2.47. The maximum atomic E-state index is 13.5. The second-order valence-corrected chi connectivity index (χ2v) is 8.29. The lowest BCUT2D eigenvalue weighted by molar-refractivity contribution is -0.189. The van der Waals surface area contributed by atoms with Gasteiger partial charge < -0.3 is 14.0 Å². The average molecular weight is 442 g/mol. The van der Waals surface area contributed by atoms with Gasteiger partial charge in [-0.3, -0.25) is 9.59 Å². The molecule has 0 N–H and O–H groups in total. The maximum absolute atomic E-state index is 13.5. The van der Waals surface area contributed by atoms with E-state index >= 15 is 0 Å². The van der Waals surface area contributed by atoms with Gasteiger partial charge in [-0.1, -0.05) is 25.1 Å². The normalized spacial score (nSPS) is 18.1. The van der Waals surface area contributed by atoms with E-state index in [9.17, 15) is 14.4 Å². The highest BCUT2D eigenvalue weighted by atomic mass is 16.6. The molecule has 0 radical (unpaired) electrons. The van der Waals surface area contributed by atoms with Crippen LogP contribution in [0.2, 0.25) is 0 Å². The zero-order valence-electron chi connectivity index (χ0n) is 18.2. The zero-order chi connectivity index (χ0) is 23.2. The number of carbonyl (C=O) groups excluding carboxylic acids is 2. The van der Waals surface area contributed by atoms with Crippen LogP contribution in [-0.2, 0) is 37.8 Å². The number of unbranched alkanes of at least 4 members (excludes halogenated alkanes) is 1. The molecule has 4 heterocycles. The summed E-state index contributed by atoms with van der Waals surface area (Å²) in [6, 6.07) is 11.6.